The Bertz CT molecular complexity index is 1360. The molecule has 5 rings (SSSR count). The number of rotatable bonds is 7. The average Bonchev–Trinajstić information content (AvgIpc) is 3.41. The molecule has 0 saturated heterocycles. The van der Waals surface area contributed by atoms with E-state index < -0.39 is 15.6 Å². The van der Waals surface area contributed by atoms with Crippen molar-refractivity contribution >= 4 is 42.1 Å². The van der Waals surface area contributed by atoms with Crippen LogP contribution < -0.4 is 21.2 Å². The molecule has 4 aromatic carbocycles. The van der Waals surface area contributed by atoms with Crippen LogP contribution in [0.4, 0.5) is 8.78 Å². The maximum absolute atomic E-state index is 13.8. The van der Waals surface area contributed by atoms with E-state index in [2.05, 4.69) is 97.5 Å². The molecule has 0 radical (unpaired) electrons. The Balaban J connectivity index is 1.60. The summed E-state index contributed by atoms with van der Waals surface area (Å²) < 4.78 is 30.1. The third-order valence-corrected chi connectivity index (χ3v) is 12.1. The third kappa shape index (κ3) is 5.60. The van der Waals surface area contributed by atoms with E-state index in [1.165, 1.54) is 45.7 Å². The second-order valence-electron chi connectivity index (χ2n) is 9.02. The van der Waals surface area contributed by atoms with Gasteiger partial charge in [0.15, 0.2) is 0 Å². The lowest BCUT2D eigenvalue weighted by molar-refractivity contribution is 0.490. The maximum Gasteiger partial charge on any atom is 0.123 e. The minimum absolute atomic E-state index is 0.123. The predicted octanol–water partition coefficient (Wildman–Crippen LogP) is 6.17. The van der Waals surface area contributed by atoms with Crippen LogP contribution in [-0.2, 0) is 0 Å². The molecule has 5 heteroatoms. The average molecular weight is 528 g/mol. The fraction of sp³-hybridized carbons (Fsp3) is 0.0938. The molecule has 0 N–H and O–H groups in total. The van der Waals surface area contributed by atoms with Crippen molar-refractivity contribution in [2.75, 3.05) is 7.05 Å². The highest BCUT2D eigenvalue weighted by Gasteiger charge is 2.28. The number of allylic oxidation sites excluding steroid dienone is 3. The molecule has 1 nitrogen and oxygen atoms in total. The molecule has 0 amide bonds. The Kier molecular flexibility index (Phi) is 7.96. The zero-order chi connectivity index (χ0) is 25.8. The van der Waals surface area contributed by atoms with Crippen molar-refractivity contribution in [1.82, 2.24) is 4.67 Å². The van der Waals surface area contributed by atoms with E-state index in [9.17, 15) is 8.78 Å². The molecule has 0 aromatic heterocycles. The van der Waals surface area contributed by atoms with Crippen molar-refractivity contribution in [1.29, 1.82) is 0 Å². The number of nitrogens with zero attached hydrogens (tertiary/aromatic N) is 1. The number of likely N-dealkylation sites (N-methyl/N-ethyl adjacent to an activating group) is 1. The van der Waals surface area contributed by atoms with E-state index in [-0.39, 0.29) is 17.7 Å². The van der Waals surface area contributed by atoms with Crippen molar-refractivity contribution in [3.8, 4) is 0 Å². The van der Waals surface area contributed by atoms with Gasteiger partial charge in [0.1, 0.15) is 11.6 Å². The minimum atomic E-state index is -1.48. The lowest BCUT2D eigenvalue weighted by Gasteiger charge is -2.35. The van der Waals surface area contributed by atoms with Crippen LogP contribution in [0.5, 0.6) is 0 Å². The topological polar surface area (TPSA) is 3.24 Å². The fourth-order valence-electron chi connectivity index (χ4n) is 4.76. The van der Waals surface area contributed by atoms with Crippen LogP contribution in [0, 0.1) is 11.6 Å². The predicted molar refractivity (Wildman–Crippen MR) is 159 cm³/mol. The summed E-state index contributed by atoms with van der Waals surface area (Å²) in [6.07, 6.45) is 6.51. The Morgan fingerprint density at radius 1 is 0.676 bits per heavy atom. The molecular weight excluding hydrogens is 498 g/mol. The highest BCUT2D eigenvalue weighted by molar-refractivity contribution is 7.74. The van der Waals surface area contributed by atoms with E-state index in [0.717, 1.165) is 10.6 Å². The van der Waals surface area contributed by atoms with E-state index in [0.29, 0.717) is 0 Å². The monoisotopic (exact) mass is 527 g/mol. The van der Waals surface area contributed by atoms with Gasteiger partial charge in [-0.1, -0.05) is 111 Å². The molecule has 0 fully saturated rings. The lowest BCUT2D eigenvalue weighted by Crippen LogP contribution is -2.35. The molecule has 186 valence electrons. The molecule has 1 aliphatic carbocycles. The lowest BCUT2D eigenvalue weighted by atomic mass is 10.1. The van der Waals surface area contributed by atoms with Crippen molar-refractivity contribution in [2.45, 2.75) is 13.0 Å². The van der Waals surface area contributed by atoms with Crippen molar-refractivity contribution in [3.63, 3.8) is 0 Å². The van der Waals surface area contributed by atoms with Crippen LogP contribution >= 0.6 is 15.6 Å². The molecule has 1 atom stereocenters. The third-order valence-electron chi connectivity index (χ3n) is 6.71. The molecule has 0 spiro atoms. The first kappa shape index (κ1) is 25.6. The first-order valence-corrected chi connectivity index (χ1v) is 15.1. The maximum atomic E-state index is 13.8. The molecule has 0 unspecified atom stereocenters. The zero-order valence-electron chi connectivity index (χ0n) is 20.9. The van der Waals surface area contributed by atoms with E-state index >= 15 is 0 Å². The SMILES string of the molecule is C[C@@H](C1=CC=CC1=[PH](c1ccc(F)cc1)c1ccc(F)cc1)N(C)P(c1ccccc1)c1ccccc1. The van der Waals surface area contributed by atoms with Gasteiger partial charge in [0.2, 0.25) is 0 Å². The first-order chi connectivity index (χ1) is 18.0. The second kappa shape index (κ2) is 11.5. The summed E-state index contributed by atoms with van der Waals surface area (Å²) in [4.78, 5) is 0. The summed E-state index contributed by atoms with van der Waals surface area (Å²) in [6.45, 7) is 2.26. The summed E-state index contributed by atoms with van der Waals surface area (Å²) in [5, 5.41) is 6.00. The number of hydrogen-bond acceptors (Lipinski definition) is 1. The number of halogens is 2. The van der Waals surface area contributed by atoms with Crippen LogP contribution in [0.2, 0.25) is 0 Å². The zero-order valence-corrected chi connectivity index (χ0v) is 22.7. The smallest absolute Gasteiger partial charge is 0.123 e. The summed E-state index contributed by atoms with van der Waals surface area (Å²) >= 11 is 0. The van der Waals surface area contributed by atoms with Crippen molar-refractivity contribution < 1.29 is 8.78 Å². The Labute approximate surface area is 220 Å². The normalized spacial score (nSPS) is 14.0. The summed E-state index contributed by atoms with van der Waals surface area (Å²) in [5.74, 6) is -0.507. The molecule has 37 heavy (non-hydrogen) atoms. The van der Waals surface area contributed by atoms with Gasteiger partial charge in [-0.2, -0.15) is 0 Å². The van der Waals surface area contributed by atoms with Crippen molar-refractivity contribution in [2.24, 2.45) is 0 Å². The summed E-state index contributed by atoms with van der Waals surface area (Å²) in [5.41, 5.74) is 1.25. The summed E-state index contributed by atoms with van der Waals surface area (Å²) in [6, 6.07) is 35.0. The minimum Gasteiger partial charge on any atom is -0.271 e. The highest BCUT2D eigenvalue weighted by atomic mass is 31.1. The summed E-state index contributed by atoms with van der Waals surface area (Å²) in [7, 11) is -0.0367. The van der Waals surface area contributed by atoms with E-state index in [1.807, 2.05) is 24.3 Å². The van der Waals surface area contributed by atoms with Gasteiger partial charge in [-0.3, -0.25) is 4.67 Å². The molecule has 4 aromatic rings. The molecule has 0 saturated carbocycles. The molecule has 1 aliphatic rings. The second-order valence-corrected chi connectivity index (χ2v) is 13.7. The van der Waals surface area contributed by atoms with Crippen LogP contribution in [0.15, 0.2) is 133 Å². The van der Waals surface area contributed by atoms with Crippen LogP contribution in [0.3, 0.4) is 0 Å². The molecule has 0 aliphatic heterocycles. The molecule has 0 bridgehead atoms. The fourth-order valence-corrected chi connectivity index (χ4v) is 9.97. The number of hydrogen-bond donors (Lipinski definition) is 0. The molecular formula is C32H29F2NP2. The molecule has 0 heterocycles. The van der Waals surface area contributed by atoms with Gasteiger partial charge >= 0.3 is 0 Å². The van der Waals surface area contributed by atoms with E-state index in [1.54, 1.807) is 0 Å². The Morgan fingerprint density at radius 2 is 1.14 bits per heavy atom. The van der Waals surface area contributed by atoms with Crippen molar-refractivity contribution in [3.05, 3.63) is 145 Å². The largest absolute Gasteiger partial charge is 0.271 e. The quantitative estimate of drug-likeness (QED) is 0.260. The van der Waals surface area contributed by atoms with E-state index in [4.69, 9.17) is 0 Å². The van der Waals surface area contributed by atoms with Gasteiger partial charge in [0.25, 0.3) is 0 Å². The van der Waals surface area contributed by atoms with Crippen LogP contribution in [0.25, 0.3) is 0 Å². The van der Waals surface area contributed by atoms with Gasteiger partial charge < -0.3 is 0 Å². The highest BCUT2D eigenvalue weighted by Crippen LogP contribution is 2.42. The van der Waals surface area contributed by atoms with Crippen LogP contribution in [0.1, 0.15) is 6.92 Å². The van der Waals surface area contributed by atoms with Gasteiger partial charge in [-0.05, 0) is 70.3 Å². The van der Waals surface area contributed by atoms with Crippen LogP contribution in [-0.4, -0.2) is 23.1 Å². The van der Waals surface area contributed by atoms with Gasteiger partial charge in [-0.15, -0.1) is 0 Å². The van der Waals surface area contributed by atoms with Gasteiger partial charge in [-0.25, -0.2) is 8.78 Å². The van der Waals surface area contributed by atoms with Gasteiger partial charge in [0.05, 0.1) is 0 Å². The Hall–Kier alpha value is -3.09. The van der Waals surface area contributed by atoms with Gasteiger partial charge in [0, 0.05) is 14.1 Å². The number of benzene rings is 4. The first-order valence-electron chi connectivity index (χ1n) is 12.3. The Morgan fingerprint density at radius 3 is 1.59 bits per heavy atom. The standard InChI is InChI=1S/C32H29F2NP2/c1-24(35(2)37(29-10-5-3-6-11-29)30-12-7-4-8-13-30)31-14-9-15-32(31)36(27-20-16-25(33)17-21-27)28-22-18-26(34)19-23-28/h3-24,36H,1-2H3/t24-/m0/s1.